The standard InChI is InChI=1S/C18H15BrN2O3S/c19-14-6-8-15(9-7-14)25(23,24)12-10-17(22)21-16-5-1-3-13-4-2-11-20-18(13)16/h1-9,11H,10,12H2,(H,21,22). The predicted molar refractivity (Wildman–Crippen MR) is 101 cm³/mol. The molecule has 2 aromatic carbocycles. The average Bonchev–Trinajstić information content (AvgIpc) is 2.61. The van der Waals surface area contributed by atoms with Gasteiger partial charge in [-0.05, 0) is 36.4 Å². The summed E-state index contributed by atoms with van der Waals surface area (Å²) >= 11 is 3.27. The zero-order chi connectivity index (χ0) is 17.9. The normalized spacial score (nSPS) is 11.4. The van der Waals surface area contributed by atoms with E-state index in [2.05, 4.69) is 26.2 Å². The second-order valence-corrected chi connectivity index (χ2v) is 8.48. The monoisotopic (exact) mass is 418 g/mol. The van der Waals surface area contributed by atoms with Crippen LogP contribution in [0.5, 0.6) is 0 Å². The fraction of sp³-hybridized carbons (Fsp3) is 0.111. The largest absolute Gasteiger partial charge is 0.324 e. The third-order valence-corrected chi connectivity index (χ3v) is 5.94. The van der Waals surface area contributed by atoms with Gasteiger partial charge in [-0.3, -0.25) is 9.78 Å². The molecule has 0 saturated carbocycles. The lowest BCUT2D eigenvalue weighted by molar-refractivity contribution is -0.115. The Labute approximate surface area is 154 Å². The van der Waals surface area contributed by atoms with Crippen LogP contribution in [-0.2, 0) is 14.6 Å². The van der Waals surface area contributed by atoms with Crippen LogP contribution in [0.15, 0.2) is 70.2 Å². The van der Waals surface area contributed by atoms with Crippen LogP contribution in [0.25, 0.3) is 10.9 Å². The van der Waals surface area contributed by atoms with Crippen molar-refractivity contribution in [2.24, 2.45) is 0 Å². The highest BCUT2D eigenvalue weighted by Crippen LogP contribution is 2.21. The van der Waals surface area contributed by atoms with Crippen molar-refractivity contribution in [3.8, 4) is 0 Å². The van der Waals surface area contributed by atoms with E-state index in [1.165, 1.54) is 12.1 Å². The van der Waals surface area contributed by atoms with E-state index in [1.807, 2.05) is 24.3 Å². The maximum atomic E-state index is 12.3. The molecule has 0 spiro atoms. The third-order valence-electron chi connectivity index (χ3n) is 3.68. The number of rotatable bonds is 5. The van der Waals surface area contributed by atoms with Crippen LogP contribution in [0.1, 0.15) is 6.42 Å². The first-order chi connectivity index (χ1) is 12.0. The number of carbonyl (C=O) groups is 1. The van der Waals surface area contributed by atoms with Gasteiger partial charge in [0.05, 0.1) is 21.9 Å². The number of aromatic nitrogens is 1. The molecule has 128 valence electrons. The van der Waals surface area contributed by atoms with Crippen LogP contribution < -0.4 is 5.32 Å². The summed E-state index contributed by atoms with van der Waals surface area (Å²) in [6.07, 6.45) is 1.53. The Morgan fingerprint density at radius 1 is 1.04 bits per heavy atom. The van der Waals surface area contributed by atoms with E-state index in [9.17, 15) is 13.2 Å². The molecule has 7 heteroatoms. The molecule has 0 saturated heterocycles. The van der Waals surface area contributed by atoms with Gasteiger partial charge >= 0.3 is 0 Å². The van der Waals surface area contributed by atoms with E-state index in [1.54, 1.807) is 24.4 Å². The van der Waals surface area contributed by atoms with Crippen LogP contribution in [-0.4, -0.2) is 25.1 Å². The molecule has 0 aliphatic heterocycles. The van der Waals surface area contributed by atoms with Crippen molar-refractivity contribution >= 4 is 48.3 Å². The van der Waals surface area contributed by atoms with Crippen molar-refractivity contribution in [2.75, 3.05) is 11.1 Å². The number of para-hydroxylation sites is 1. The lowest BCUT2D eigenvalue weighted by atomic mass is 10.2. The number of hydrogen-bond acceptors (Lipinski definition) is 4. The molecule has 0 aliphatic carbocycles. The van der Waals surface area contributed by atoms with Crippen molar-refractivity contribution in [3.63, 3.8) is 0 Å². The van der Waals surface area contributed by atoms with E-state index >= 15 is 0 Å². The molecule has 1 heterocycles. The van der Waals surface area contributed by atoms with E-state index in [4.69, 9.17) is 0 Å². The van der Waals surface area contributed by atoms with Gasteiger partial charge in [-0.1, -0.05) is 34.1 Å². The number of halogens is 1. The SMILES string of the molecule is O=C(CCS(=O)(=O)c1ccc(Br)cc1)Nc1cccc2cccnc12. The number of carbonyl (C=O) groups excluding carboxylic acids is 1. The van der Waals surface area contributed by atoms with Crippen molar-refractivity contribution in [3.05, 3.63) is 65.3 Å². The highest BCUT2D eigenvalue weighted by molar-refractivity contribution is 9.10. The number of benzene rings is 2. The number of anilines is 1. The summed E-state index contributed by atoms with van der Waals surface area (Å²) in [5, 5.41) is 3.65. The van der Waals surface area contributed by atoms with Gasteiger partial charge in [0, 0.05) is 22.5 Å². The lowest BCUT2D eigenvalue weighted by Gasteiger charge is -2.08. The zero-order valence-electron chi connectivity index (χ0n) is 13.1. The van der Waals surface area contributed by atoms with Gasteiger partial charge < -0.3 is 5.32 Å². The summed E-state index contributed by atoms with van der Waals surface area (Å²) in [5.41, 5.74) is 1.25. The number of nitrogens with one attached hydrogen (secondary N) is 1. The van der Waals surface area contributed by atoms with Gasteiger partial charge in [0.2, 0.25) is 5.91 Å². The predicted octanol–water partition coefficient (Wildman–Crippen LogP) is 3.80. The van der Waals surface area contributed by atoms with E-state index in [0.29, 0.717) is 11.2 Å². The fourth-order valence-electron chi connectivity index (χ4n) is 2.40. The van der Waals surface area contributed by atoms with Crippen molar-refractivity contribution in [2.45, 2.75) is 11.3 Å². The van der Waals surface area contributed by atoms with Crippen molar-refractivity contribution in [1.82, 2.24) is 4.98 Å². The summed E-state index contributed by atoms with van der Waals surface area (Å²) < 4.78 is 25.4. The quantitative estimate of drug-likeness (QED) is 0.683. The summed E-state index contributed by atoms with van der Waals surface area (Å²) in [5.74, 6) is -0.614. The Balaban J connectivity index is 1.69. The Morgan fingerprint density at radius 2 is 1.76 bits per heavy atom. The highest BCUT2D eigenvalue weighted by atomic mass is 79.9. The maximum Gasteiger partial charge on any atom is 0.225 e. The van der Waals surface area contributed by atoms with Crippen LogP contribution in [0, 0.1) is 0 Å². The van der Waals surface area contributed by atoms with E-state index < -0.39 is 9.84 Å². The number of nitrogens with zero attached hydrogens (tertiary/aromatic N) is 1. The highest BCUT2D eigenvalue weighted by Gasteiger charge is 2.17. The molecular weight excluding hydrogens is 404 g/mol. The molecule has 0 aliphatic rings. The van der Waals surface area contributed by atoms with E-state index in [-0.39, 0.29) is 23.0 Å². The van der Waals surface area contributed by atoms with Crippen molar-refractivity contribution < 1.29 is 13.2 Å². The number of fused-ring (bicyclic) bond motifs is 1. The fourth-order valence-corrected chi connectivity index (χ4v) is 3.91. The Kier molecular flexibility index (Phi) is 5.15. The number of amides is 1. The number of sulfone groups is 1. The molecule has 1 N–H and O–H groups in total. The van der Waals surface area contributed by atoms with Crippen LogP contribution >= 0.6 is 15.9 Å². The van der Waals surface area contributed by atoms with Gasteiger partial charge in [-0.25, -0.2) is 8.42 Å². The number of pyridine rings is 1. The first-order valence-corrected chi connectivity index (χ1v) is 10.0. The summed E-state index contributed by atoms with van der Waals surface area (Å²) in [7, 11) is -3.50. The van der Waals surface area contributed by atoms with Gasteiger partial charge in [0.25, 0.3) is 0 Å². The maximum absolute atomic E-state index is 12.3. The molecule has 3 rings (SSSR count). The summed E-state index contributed by atoms with van der Waals surface area (Å²) in [4.78, 5) is 16.6. The number of hydrogen-bond donors (Lipinski definition) is 1. The molecule has 5 nitrogen and oxygen atoms in total. The molecule has 0 radical (unpaired) electrons. The molecule has 0 bridgehead atoms. The molecule has 25 heavy (non-hydrogen) atoms. The molecule has 1 amide bonds. The molecule has 0 fully saturated rings. The smallest absolute Gasteiger partial charge is 0.225 e. The molecule has 0 unspecified atom stereocenters. The minimum absolute atomic E-state index is 0.123. The van der Waals surface area contributed by atoms with Gasteiger partial charge in [-0.15, -0.1) is 0 Å². The van der Waals surface area contributed by atoms with Gasteiger partial charge in [0.15, 0.2) is 9.84 Å². The molecule has 0 atom stereocenters. The van der Waals surface area contributed by atoms with E-state index in [0.717, 1.165) is 9.86 Å². The minimum atomic E-state index is -3.50. The van der Waals surface area contributed by atoms with Crippen LogP contribution in [0.2, 0.25) is 0 Å². The average molecular weight is 419 g/mol. The molecule has 1 aromatic heterocycles. The lowest BCUT2D eigenvalue weighted by Crippen LogP contribution is -2.17. The zero-order valence-corrected chi connectivity index (χ0v) is 15.5. The van der Waals surface area contributed by atoms with Gasteiger partial charge in [0.1, 0.15) is 0 Å². The topological polar surface area (TPSA) is 76.1 Å². The Bertz CT molecular complexity index is 1010. The first kappa shape index (κ1) is 17.6. The second-order valence-electron chi connectivity index (χ2n) is 5.45. The van der Waals surface area contributed by atoms with Crippen LogP contribution in [0.4, 0.5) is 5.69 Å². The summed E-state index contributed by atoms with van der Waals surface area (Å²) in [6.45, 7) is 0. The van der Waals surface area contributed by atoms with Crippen LogP contribution in [0.3, 0.4) is 0 Å². The molecular formula is C18H15BrN2O3S. The Hall–Kier alpha value is -2.25. The minimum Gasteiger partial charge on any atom is -0.324 e. The second kappa shape index (κ2) is 7.33. The Morgan fingerprint density at radius 3 is 2.52 bits per heavy atom. The summed E-state index contributed by atoms with van der Waals surface area (Å²) in [6, 6.07) is 15.5. The molecule has 3 aromatic rings. The third kappa shape index (κ3) is 4.24. The van der Waals surface area contributed by atoms with Crippen molar-refractivity contribution in [1.29, 1.82) is 0 Å². The first-order valence-electron chi connectivity index (χ1n) is 7.58. The van der Waals surface area contributed by atoms with Gasteiger partial charge in [-0.2, -0.15) is 0 Å².